The van der Waals surface area contributed by atoms with E-state index in [-0.39, 0.29) is 0 Å². The number of hydrogen-bond acceptors (Lipinski definition) is 3. The van der Waals surface area contributed by atoms with Crippen LogP contribution in [0.4, 0.5) is 0 Å². The van der Waals surface area contributed by atoms with Gasteiger partial charge in [-0.25, -0.2) is 4.79 Å². The number of rotatable bonds is 4. The van der Waals surface area contributed by atoms with Crippen LogP contribution in [-0.4, -0.2) is 20.2 Å². The Morgan fingerprint density at radius 2 is 2.06 bits per heavy atom. The molecular weight excluding hydrogens is 204 g/mol. The second-order valence-corrected chi connectivity index (χ2v) is 3.35. The molecule has 0 aromatic heterocycles. The third kappa shape index (κ3) is 2.42. The third-order valence-corrected chi connectivity index (χ3v) is 2.44. The third-order valence-electron chi connectivity index (χ3n) is 2.44. The summed E-state index contributed by atoms with van der Waals surface area (Å²) < 4.78 is 9.84. The van der Waals surface area contributed by atoms with E-state index in [1.165, 1.54) is 7.11 Å². The van der Waals surface area contributed by atoms with Gasteiger partial charge in [0.15, 0.2) is 0 Å². The highest BCUT2D eigenvalue weighted by Gasteiger charge is 2.11. The van der Waals surface area contributed by atoms with E-state index >= 15 is 0 Å². The molecule has 0 heterocycles. The van der Waals surface area contributed by atoms with Crippen molar-refractivity contribution in [2.45, 2.75) is 13.3 Å². The normalized spacial score (nSPS) is 9.69. The van der Waals surface area contributed by atoms with Gasteiger partial charge in [-0.15, -0.1) is 0 Å². The van der Waals surface area contributed by atoms with E-state index in [2.05, 4.69) is 11.3 Å². The molecule has 0 atom stereocenters. The van der Waals surface area contributed by atoms with Crippen LogP contribution in [0.3, 0.4) is 0 Å². The maximum absolute atomic E-state index is 11.3. The number of carbonyl (C=O) groups excluding carboxylic acids is 1. The van der Waals surface area contributed by atoms with Crippen LogP contribution in [0.25, 0.3) is 5.57 Å². The van der Waals surface area contributed by atoms with Crippen LogP contribution in [0, 0.1) is 0 Å². The number of hydrogen-bond donors (Lipinski definition) is 0. The number of aryl methyl sites for hydroxylation is 1. The molecule has 0 N–H and O–H groups in total. The Morgan fingerprint density at radius 3 is 2.56 bits per heavy atom. The summed E-state index contributed by atoms with van der Waals surface area (Å²) in [4.78, 5) is 11.3. The van der Waals surface area contributed by atoms with E-state index in [0.717, 1.165) is 23.3 Å². The predicted octanol–water partition coefficient (Wildman–Crippen LogP) is 2.44. The fourth-order valence-electron chi connectivity index (χ4n) is 1.48. The fourth-order valence-corrected chi connectivity index (χ4v) is 1.48. The van der Waals surface area contributed by atoms with Crippen LogP contribution in [0.2, 0.25) is 0 Å². The SMILES string of the molecule is C=C(C(=O)OC)c1ccc(OC)c(CC)c1. The van der Waals surface area contributed by atoms with E-state index in [4.69, 9.17) is 4.74 Å². The van der Waals surface area contributed by atoms with Crippen molar-refractivity contribution < 1.29 is 14.3 Å². The van der Waals surface area contributed by atoms with Gasteiger partial charge in [-0.1, -0.05) is 19.6 Å². The zero-order valence-electron chi connectivity index (χ0n) is 9.87. The smallest absolute Gasteiger partial charge is 0.337 e. The van der Waals surface area contributed by atoms with Crippen molar-refractivity contribution in [3.8, 4) is 5.75 Å². The Labute approximate surface area is 95.7 Å². The molecule has 0 aliphatic carbocycles. The van der Waals surface area contributed by atoms with Gasteiger partial charge in [0.25, 0.3) is 0 Å². The van der Waals surface area contributed by atoms with Gasteiger partial charge in [-0.2, -0.15) is 0 Å². The molecule has 0 amide bonds. The first-order valence-corrected chi connectivity index (χ1v) is 5.08. The molecule has 1 aromatic carbocycles. The van der Waals surface area contributed by atoms with Crippen molar-refractivity contribution in [3.05, 3.63) is 35.9 Å². The lowest BCUT2D eigenvalue weighted by molar-refractivity contribution is -0.133. The Hall–Kier alpha value is -1.77. The molecule has 0 radical (unpaired) electrons. The van der Waals surface area contributed by atoms with Crippen molar-refractivity contribution >= 4 is 11.5 Å². The standard InChI is InChI=1S/C13H16O3/c1-5-10-8-11(6-7-12(10)15-3)9(2)13(14)16-4/h6-8H,2,5H2,1,3-4H3. The van der Waals surface area contributed by atoms with E-state index in [0.29, 0.717) is 5.57 Å². The Bertz CT molecular complexity index is 408. The van der Waals surface area contributed by atoms with Crippen LogP contribution >= 0.6 is 0 Å². The highest BCUT2D eigenvalue weighted by atomic mass is 16.5. The first-order valence-electron chi connectivity index (χ1n) is 5.08. The summed E-state index contributed by atoms with van der Waals surface area (Å²) >= 11 is 0. The summed E-state index contributed by atoms with van der Waals surface area (Å²) in [5, 5.41) is 0. The minimum absolute atomic E-state index is 0.361. The van der Waals surface area contributed by atoms with Crippen molar-refractivity contribution in [1.82, 2.24) is 0 Å². The first-order chi connectivity index (χ1) is 7.63. The molecule has 3 nitrogen and oxygen atoms in total. The van der Waals surface area contributed by atoms with Crippen molar-refractivity contribution in [3.63, 3.8) is 0 Å². The maximum atomic E-state index is 11.3. The Morgan fingerprint density at radius 1 is 1.38 bits per heavy atom. The lowest BCUT2D eigenvalue weighted by Gasteiger charge is -2.09. The summed E-state index contributed by atoms with van der Waals surface area (Å²) in [7, 11) is 2.97. The van der Waals surface area contributed by atoms with Crippen molar-refractivity contribution in [2.75, 3.05) is 14.2 Å². The fraction of sp³-hybridized carbons (Fsp3) is 0.308. The number of ether oxygens (including phenoxy) is 2. The van der Waals surface area contributed by atoms with Crippen LogP contribution in [0.15, 0.2) is 24.8 Å². The highest BCUT2D eigenvalue weighted by Crippen LogP contribution is 2.24. The van der Waals surface area contributed by atoms with Crippen LogP contribution < -0.4 is 4.74 Å². The summed E-state index contributed by atoms with van der Waals surface area (Å²) in [6.07, 6.45) is 0.839. The molecule has 0 fully saturated rings. The summed E-state index contributed by atoms with van der Waals surface area (Å²) in [5.74, 6) is 0.413. The van der Waals surface area contributed by atoms with Gasteiger partial charge < -0.3 is 9.47 Å². The monoisotopic (exact) mass is 220 g/mol. The number of benzene rings is 1. The molecule has 0 aliphatic heterocycles. The molecule has 3 heteroatoms. The van der Waals surface area contributed by atoms with Crippen LogP contribution in [-0.2, 0) is 16.0 Å². The minimum Gasteiger partial charge on any atom is -0.496 e. The minimum atomic E-state index is -0.410. The van der Waals surface area contributed by atoms with Gasteiger partial charge in [-0.05, 0) is 29.7 Å². The molecule has 0 aliphatic rings. The molecule has 86 valence electrons. The largest absolute Gasteiger partial charge is 0.496 e. The quantitative estimate of drug-likeness (QED) is 0.577. The number of carbonyl (C=O) groups is 1. The van der Waals surface area contributed by atoms with Crippen molar-refractivity contribution in [1.29, 1.82) is 0 Å². The van der Waals surface area contributed by atoms with E-state index in [1.54, 1.807) is 13.2 Å². The molecule has 0 saturated carbocycles. The lowest BCUT2D eigenvalue weighted by atomic mass is 10.0. The lowest BCUT2D eigenvalue weighted by Crippen LogP contribution is -2.03. The average Bonchev–Trinajstić information content (AvgIpc) is 2.35. The van der Waals surface area contributed by atoms with Gasteiger partial charge in [-0.3, -0.25) is 0 Å². The van der Waals surface area contributed by atoms with Gasteiger partial charge in [0, 0.05) is 0 Å². The number of methoxy groups -OCH3 is 2. The second-order valence-electron chi connectivity index (χ2n) is 3.35. The molecule has 0 unspecified atom stereocenters. The van der Waals surface area contributed by atoms with E-state index in [1.807, 2.05) is 19.1 Å². The number of esters is 1. The summed E-state index contributed by atoms with van der Waals surface area (Å²) in [6.45, 7) is 5.74. The topological polar surface area (TPSA) is 35.5 Å². The van der Waals surface area contributed by atoms with Crippen LogP contribution in [0.1, 0.15) is 18.1 Å². The van der Waals surface area contributed by atoms with Gasteiger partial charge in [0.2, 0.25) is 0 Å². The molecule has 0 spiro atoms. The van der Waals surface area contributed by atoms with E-state index in [9.17, 15) is 4.79 Å². The maximum Gasteiger partial charge on any atom is 0.337 e. The molecule has 0 bridgehead atoms. The Kier molecular flexibility index (Phi) is 4.11. The molecule has 0 saturated heterocycles. The summed E-state index contributed by atoms with van der Waals surface area (Å²) in [5.41, 5.74) is 2.18. The zero-order valence-corrected chi connectivity index (χ0v) is 9.87. The Balaban J connectivity index is 3.08. The predicted molar refractivity (Wildman–Crippen MR) is 63.4 cm³/mol. The molecular formula is C13H16O3. The summed E-state index contributed by atoms with van der Waals surface area (Å²) in [6, 6.07) is 5.54. The second kappa shape index (κ2) is 5.35. The highest BCUT2D eigenvalue weighted by molar-refractivity contribution is 6.15. The van der Waals surface area contributed by atoms with Gasteiger partial charge >= 0.3 is 5.97 Å². The average molecular weight is 220 g/mol. The van der Waals surface area contributed by atoms with Gasteiger partial charge in [0.1, 0.15) is 5.75 Å². The molecule has 16 heavy (non-hydrogen) atoms. The van der Waals surface area contributed by atoms with E-state index < -0.39 is 5.97 Å². The first kappa shape index (κ1) is 12.3. The van der Waals surface area contributed by atoms with Crippen molar-refractivity contribution in [2.24, 2.45) is 0 Å². The van der Waals surface area contributed by atoms with Crippen LogP contribution in [0.5, 0.6) is 5.75 Å². The molecule has 1 rings (SSSR count). The molecule has 1 aromatic rings. The van der Waals surface area contributed by atoms with Gasteiger partial charge in [0.05, 0.1) is 19.8 Å². The zero-order chi connectivity index (χ0) is 12.1.